The van der Waals surface area contributed by atoms with Gasteiger partial charge in [0.25, 0.3) is 0 Å². The minimum atomic E-state index is 0.0660. The van der Waals surface area contributed by atoms with E-state index in [0.29, 0.717) is 12.0 Å². The summed E-state index contributed by atoms with van der Waals surface area (Å²) in [4.78, 5) is 11.6. The Morgan fingerprint density at radius 3 is 2.22 bits per heavy atom. The van der Waals surface area contributed by atoms with Crippen LogP contribution in [0.25, 0.3) is 0 Å². The average molecular weight is 238 g/mol. The van der Waals surface area contributed by atoms with Gasteiger partial charge in [-0.15, -0.1) is 6.58 Å². The monoisotopic (exact) mass is 238 g/mol. The number of benzene rings is 2. The number of para-hydroxylation sites is 1. The van der Waals surface area contributed by atoms with Crippen LogP contribution in [0, 0.1) is 0 Å². The zero-order chi connectivity index (χ0) is 12.8. The van der Waals surface area contributed by atoms with E-state index in [1.165, 1.54) is 0 Å². The fourth-order valence-corrected chi connectivity index (χ4v) is 1.58. The zero-order valence-electron chi connectivity index (χ0n) is 10.0. The van der Waals surface area contributed by atoms with Gasteiger partial charge in [-0.25, -0.2) is 0 Å². The van der Waals surface area contributed by atoms with Crippen molar-refractivity contribution < 1.29 is 9.53 Å². The van der Waals surface area contributed by atoms with Crippen LogP contribution in [-0.4, -0.2) is 5.78 Å². The Balaban J connectivity index is 2.08. The molecule has 0 aromatic heterocycles. The molecule has 0 spiro atoms. The van der Waals surface area contributed by atoms with E-state index in [1.807, 2.05) is 30.3 Å². The number of carbonyl (C=O) groups is 1. The van der Waals surface area contributed by atoms with Crippen LogP contribution >= 0.6 is 0 Å². The van der Waals surface area contributed by atoms with Crippen molar-refractivity contribution in [2.24, 2.45) is 0 Å². The summed E-state index contributed by atoms with van der Waals surface area (Å²) in [5.41, 5.74) is 0.676. The summed E-state index contributed by atoms with van der Waals surface area (Å²) in [7, 11) is 0. The fraction of sp³-hybridized carbons (Fsp3) is 0.0625. The number of hydrogen-bond donors (Lipinski definition) is 0. The molecule has 0 saturated heterocycles. The molecule has 0 fully saturated rings. The van der Waals surface area contributed by atoms with Crippen LogP contribution in [0.1, 0.15) is 16.8 Å². The van der Waals surface area contributed by atoms with Crippen molar-refractivity contribution >= 4 is 5.78 Å². The molecule has 2 rings (SSSR count). The lowest BCUT2D eigenvalue weighted by Gasteiger charge is -2.05. The quantitative estimate of drug-likeness (QED) is 0.575. The number of ketones is 1. The number of Topliss-reactive ketones (excluding diaryl/α,β-unsaturated/α-hetero) is 1. The van der Waals surface area contributed by atoms with E-state index in [1.54, 1.807) is 30.3 Å². The van der Waals surface area contributed by atoms with Crippen molar-refractivity contribution in [2.75, 3.05) is 0 Å². The first-order valence-corrected chi connectivity index (χ1v) is 5.76. The van der Waals surface area contributed by atoms with E-state index in [2.05, 4.69) is 6.58 Å². The number of hydrogen-bond acceptors (Lipinski definition) is 2. The van der Waals surface area contributed by atoms with Crippen LogP contribution in [0.5, 0.6) is 11.5 Å². The SMILES string of the molecule is C=CCC(=O)c1ccc(Oc2ccccc2)cc1. The van der Waals surface area contributed by atoms with E-state index in [-0.39, 0.29) is 5.78 Å². The smallest absolute Gasteiger partial charge is 0.166 e. The standard InChI is InChI=1S/C16H14O2/c1-2-6-16(17)13-9-11-15(12-10-13)18-14-7-4-3-5-8-14/h2-5,7-12H,1,6H2. The molecule has 0 aliphatic carbocycles. The topological polar surface area (TPSA) is 26.3 Å². The van der Waals surface area contributed by atoms with Gasteiger partial charge < -0.3 is 4.74 Å². The van der Waals surface area contributed by atoms with Gasteiger partial charge in [0, 0.05) is 12.0 Å². The molecule has 2 heteroatoms. The van der Waals surface area contributed by atoms with Crippen LogP contribution in [-0.2, 0) is 0 Å². The summed E-state index contributed by atoms with van der Waals surface area (Å²) in [6.45, 7) is 3.55. The average Bonchev–Trinajstić information content (AvgIpc) is 2.41. The van der Waals surface area contributed by atoms with Gasteiger partial charge in [-0.1, -0.05) is 24.3 Å². The second-order valence-corrected chi connectivity index (χ2v) is 3.86. The maximum absolute atomic E-state index is 11.6. The lowest BCUT2D eigenvalue weighted by molar-refractivity contribution is 0.0996. The first kappa shape index (κ1) is 12.1. The summed E-state index contributed by atoms with van der Waals surface area (Å²) >= 11 is 0. The molecule has 18 heavy (non-hydrogen) atoms. The molecule has 2 aromatic rings. The highest BCUT2D eigenvalue weighted by Crippen LogP contribution is 2.21. The highest BCUT2D eigenvalue weighted by molar-refractivity contribution is 5.97. The summed E-state index contributed by atoms with van der Waals surface area (Å²) in [5, 5.41) is 0. The van der Waals surface area contributed by atoms with Crippen molar-refractivity contribution in [3.8, 4) is 11.5 Å². The molecular weight excluding hydrogens is 224 g/mol. The number of rotatable bonds is 5. The Bertz CT molecular complexity index is 527. The summed E-state index contributed by atoms with van der Waals surface area (Å²) in [5.74, 6) is 1.57. The van der Waals surface area contributed by atoms with Crippen LogP contribution < -0.4 is 4.74 Å². The molecule has 0 aliphatic heterocycles. The van der Waals surface area contributed by atoms with E-state index < -0.39 is 0 Å². The Hall–Kier alpha value is -2.35. The van der Waals surface area contributed by atoms with Gasteiger partial charge in [0.05, 0.1) is 0 Å². The summed E-state index contributed by atoms with van der Waals surface area (Å²) < 4.78 is 5.64. The maximum atomic E-state index is 11.6. The molecule has 2 aromatic carbocycles. The van der Waals surface area contributed by atoms with E-state index >= 15 is 0 Å². The third-order valence-corrected chi connectivity index (χ3v) is 2.48. The summed E-state index contributed by atoms with van der Waals surface area (Å²) in [6, 6.07) is 16.7. The maximum Gasteiger partial charge on any atom is 0.166 e. The van der Waals surface area contributed by atoms with Gasteiger partial charge in [-0.2, -0.15) is 0 Å². The van der Waals surface area contributed by atoms with Gasteiger partial charge in [0.2, 0.25) is 0 Å². The molecule has 0 saturated carbocycles. The third kappa shape index (κ3) is 3.08. The Kier molecular flexibility index (Phi) is 3.92. The van der Waals surface area contributed by atoms with Crippen molar-refractivity contribution in [3.63, 3.8) is 0 Å². The highest BCUT2D eigenvalue weighted by Gasteiger charge is 2.03. The van der Waals surface area contributed by atoms with Gasteiger partial charge >= 0.3 is 0 Å². The Morgan fingerprint density at radius 2 is 1.61 bits per heavy atom. The molecular formula is C16H14O2. The molecule has 0 bridgehead atoms. The minimum absolute atomic E-state index is 0.0660. The molecule has 0 aliphatic rings. The second kappa shape index (κ2) is 5.82. The molecule has 0 amide bonds. The van der Waals surface area contributed by atoms with Crippen molar-refractivity contribution in [1.82, 2.24) is 0 Å². The van der Waals surface area contributed by atoms with Crippen molar-refractivity contribution in [1.29, 1.82) is 0 Å². The number of ether oxygens (including phenoxy) is 1. The van der Waals surface area contributed by atoms with E-state index in [9.17, 15) is 4.79 Å². The van der Waals surface area contributed by atoms with Crippen LogP contribution in [0.15, 0.2) is 67.3 Å². The van der Waals surface area contributed by atoms with Crippen molar-refractivity contribution in [2.45, 2.75) is 6.42 Å². The van der Waals surface area contributed by atoms with Gasteiger partial charge in [0.15, 0.2) is 5.78 Å². The predicted octanol–water partition coefficient (Wildman–Crippen LogP) is 4.24. The molecule has 0 N–H and O–H groups in total. The first-order chi connectivity index (χ1) is 8.79. The van der Waals surface area contributed by atoms with Crippen LogP contribution in [0.3, 0.4) is 0 Å². The third-order valence-electron chi connectivity index (χ3n) is 2.48. The molecule has 2 nitrogen and oxygen atoms in total. The second-order valence-electron chi connectivity index (χ2n) is 3.86. The molecule has 0 radical (unpaired) electrons. The minimum Gasteiger partial charge on any atom is -0.457 e. The molecule has 0 atom stereocenters. The van der Waals surface area contributed by atoms with E-state index in [0.717, 1.165) is 11.5 Å². The highest BCUT2D eigenvalue weighted by atomic mass is 16.5. The molecule has 0 unspecified atom stereocenters. The van der Waals surface area contributed by atoms with Crippen molar-refractivity contribution in [3.05, 3.63) is 72.8 Å². The number of carbonyl (C=O) groups excluding carboxylic acids is 1. The molecule has 0 heterocycles. The first-order valence-electron chi connectivity index (χ1n) is 5.76. The van der Waals surface area contributed by atoms with Gasteiger partial charge in [-0.3, -0.25) is 4.79 Å². The Morgan fingerprint density at radius 1 is 1.00 bits per heavy atom. The lowest BCUT2D eigenvalue weighted by Crippen LogP contribution is -1.96. The predicted molar refractivity (Wildman–Crippen MR) is 72.1 cm³/mol. The largest absolute Gasteiger partial charge is 0.457 e. The summed E-state index contributed by atoms with van der Waals surface area (Å²) in [6.07, 6.45) is 1.97. The fourth-order valence-electron chi connectivity index (χ4n) is 1.58. The molecule has 90 valence electrons. The van der Waals surface area contributed by atoms with Gasteiger partial charge in [0.1, 0.15) is 11.5 Å². The zero-order valence-corrected chi connectivity index (χ0v) is 10.0. The lowest BCUT2D eigenvalue weighted by atomic mass is 10.1. The normalized spacial score (nSPS) is 9.78. The van der Waals surface area contributed by atoms with Crippen LogP contribution in [0.4, 0.5) is 0 Å². The Labute approximate surface area is 107 Å². The number of allylic oxidation sites excluding steroid dienone is 1. The van der Waals surface area contributed by atoms with E-state index in [4.69, 9.17) is 4.74 Å². The van der Waals surface area contributed by atoms with Gasteiger partial charge in [-0.05, 0) is 36.4 Å². The van der Waals surface area contributed by atoms with Crippen LogP contribution in [0.2, 0.25) is 0 Å².